The highest BCUT2D eigenvalue weighted by Crippen LogP contribution is 2.12. The maximum absolute atomic E-state index is 9.01. The Bertz CT molecular complexity index is 220. The first-order chi connectivity index (χ1) is 4.34. The van der Waals surface area contributed by atoms with Gasteiger partial charge in [-0.2, -0.15) is 0 Å². The van der Waals surface area contributed by atoms with Gasteiger partial charge in [-0.05, 0) is 6.07 Å². The number of para-hydroxylation sites is 1. The van der Waals surface area contributed by atoms with Gasteiger partial charge in [-0.25, -0.2) is 0 Å². The van der Waals surface area contributed by atoms with Crippen LogP contribution < -0.4 is 0 Å². The standard InChI is InChI=1S/C7H6OS/c8-7-4-2-1-3-6(7)5-9/h1-5,8H. The van der Waals surface area contributed by atoms with Crippen molar-refractivity contribution < 1.29 is 5.11 Å². The molecule has 46 valence electrons. The quantitative estimate of drug-likeness (QED) is 0.596. The smallest absolute Gasteiger partial charge is 0.123 e. The normalized spacial score (nSPS) is 8.89. The first kappa shape index (κ1) is 6.23. The van der Waals surface area contributed by atoms with Crippen LogP contribution in [0.3, 0.4) is 0 Å². The van der Waals surface area contributed by atoms with E-state index in [1.165, 1.54) is 5.37 Å². The second kappa shape index (κ2) is 2.60. The summed E-state index contributed by atoms with van der Waals surface area (Å²) in [7, 11) is 0. The van der Waals surface area contributed by atoms with Crippen LogP contribution in [-0.4, -0.2) is 10.5 Å². The molecule has 0 radical (unpaired) electrons. The molecule has 0 aliphatic carbocycles. The predicted molar refractivity (Wildman–Crippen MR) is 40.9 cm³/mol. The van der Waals surface area contributed by atoms with E-state index in [0.29, 0.717) is 5.56 Å². The molecule has 0 amide bonds. The Morgan fingerprint density at radius 2 is 2.00 bits per heavy atom. The van der Waals surface area contributed by atoms with Gasteiger partial charge in [0.1, 0.15) is 5.75 Å². The zero-order chi connectivity index (χ0) is 6.69. The van der Waals surface area contributed by atoms with Gasteiger partial charge in [0.05, 0.1) is 0 Å². The number of benzene rings is 1. The summed E-state index contributed by atoms with van der Waals surface area (Å²) >= 11 is 4.62. The first-order valence-electron chi connectivity index (χ1n) is 2.58. The summed E-state index contributed by atoms with van der Waals surface area (Å²) in [6, 6.07) is 6.97. The lowest BCUT2D eigenvalue weighted by Gasteiger charge is -1.92. The highest BCUT2D eigenvalue weighted by molar-refractivity contribution is 7.79. The third kappa shape index (κ3) is 1.27. The van der Waals surface area contributed by atoms with Crippen LogP contribution in [0.1, 0.15) is 5.56 Å². The molecule has 1 rings (SSSR count). The number of hydrogen-bond acceptors (Lipinski definition) is 2. The van der Waals surface area contributed by atoms with Gasteiger partial charge in [0, 0.05) is 10.9 Å². The van der Waals surface area contributed by atoms with Crippen molar-refractivity contribution in [2.45, 2.75) is 0 Å². The molecule has 0 heterocycles. The molecular formula is C7H6OS. The van der Waals surface area contributed by atoms with Crippen LogP contribution >= 0.6 is 12.2 Å². The summed E-state index contributed by atoms with van der Waals surface area (Å²) in [6.07, 6.45) is 0. The maximum atomic E-state index is 9.01. The van der Waals surface area contributed by atoms with Crippen molar-refractivity contribution in [3.63, 3.8) is 0 Å². The van der Waals surface area contributed by atoms with Crippen molar-refractivity contribution in [1.82, 2.24) is 0 Å². The molecule has 0 aromatic heterocycles. The lowest BCUT2D eigenvalue weighted by Crippen LogP contribution is -1.76. The van der Waals surface area contributed by atoms with Crippen LogP contribution in [0.4, 0.5) is 0 Å². The number of thiocarbonyl (C=S) groups is 1. The third-order valence-corrected chi connectivity index (χ3v) is 1.32. The fraction of sp³-hybridized carbons (Fsp3) is 0. The molecule has 0 saturated carbocycles. The van der Waals surface area contributed by atoms with Crippen LogP contribution in [0.25, 0.3) is 0 Å². The molecule has 0 saturated heterocycles. The minimum atomic E-state index is 0.243. The van der Waals surface area contributed by atoms with Crippen LogP contribution in [0.15, 0.2) is 24.3 Å². The summed E-state index contributed by atoms with van der Waals surface area (Å²) in [5.74, 6) is 0.243. The highest BCUT2D eigenvalue weighted by atomic mass is 32.1. The second-order valence-corrected chi connectivity index (χ2v) is 1.91. The van der Waals surface area contributed by atoms with E-state index in [-0.39, 0.29) is 5.75 Å². The van der Waals surface area contributed by atoms with Crippen molar-refractivity contribution in [3.05, 3.63) is 29.8 Å². The Morgan fingerprint density at radius 1 is 1.33 bits per heavy atom. The Kier molecular flexibility index (Phi) is 1.80. The fourth-order valence-corrected chi connectivity index (χ4v) is 0.787. The summed E-state index contributed by atoms with van der Waals surface area (Å²) in [4.78, 5) is 0. The van der Waals surface area contributed by atoms with E-state index in [9.17, 15) is 0 Å². The van der Waals surface area contributed by atoms with E-state index in [2.05, 4.69) is 12.2 Å². The van der Waals surface area contributed by atoms with E-state index in [4.69, 9.17) is 5.11 Å². The number of phenols is 1. The molecule has 0 atom stereocenters. The molecule has 0 unspecified atom stereocenters. The Hall–Kier alpha value is -0.890. The largest absolute Gasteiger partial charge is 0.507 e. The van der Waals surface area contributed by atoms with Gasteiger partial charge in [0.2, 0.25) is 0 Å². The van der Waals surface area contributed by atoms with Gasteiger partial charge in [0.15, 0.2) is 0 Å². The predicted octanol–water partition coefficient (Wildman–Crippen LogP) is 1.74. The Labute approximate surface area is 58.9 Å². The molecular weight excluding hydrogens is 132 g/mol. The monoisotopic (exact) mass is 138 g/mol. The van der Waals surface area contributed by atoms with Gasteiger partial charge in [-0.15, -0.1) is 0 Å². The molecule has 9 heavy (non-hydrogen) atoms. The molecule has 1 aromatic rings. The Morgan fingerprint density at radius 3 is 2.44 bits per heavy atom. The van der Waals surface area contributed by atoms with E-state index in [0.717, 1.165) is 0 Å². The van der Waals surface area contributed by atoms with Crippen molar-refractivity contribution in [2.24, 2.45) is 0 Å². The second-order valence-electron chi connectivity index (χ2n) is 1.68. The van der Waals surface area contributed by atoms with Gasteiger partial charge in [0.25, 0.3) is 0 Å². The first-order valence-corrected chi connectivity index (χ1v) is 3.05. The minimum absolute atomic E-state index is 0.243. The fourth-order valence-electron chi connectivity index (χ4n) is 0.587. The maximum Gasteiger partial charge on any atom is 0.123 e. The van der Waals surface area contributed by atoms with Crippen molar-refractivity contribution >= 4 is 17.6 Å². The van der Waals surface area contributed by atoms with E-state index in [1.54, 1.807) is 18.2 Å². The topological polar surface area (TPSA) is 20.2 Å². The van der Waals surface area contributed by atoms with Crippen molar-refractivity contribution in [1.29, 1.82) is 0 Å². The molecule has 0 aliphatic heterocycles. The molecule has 1 nitrogen and oxygen atoms in total. The number of aromatic hydroxyl groups is 1. The zero-order valence-corrected chi connectivity index (χ0v) is 5.56. The number of rotatable bonds is 1. The molecule has 0 spiro atoms. The zero-order valence-electron chi connectivity index (χ0n) is 4.74. The van der Waals surface area contributed by atoms with Gasteiger partial charge in [-0.1, -0.05) is 30.4 Å². The average molecular weight is 138 g/mol. The highest BCUT2D eigenvalue weighted by Gasteiger charge is 1.90. The molecule has 0 bridgehead atoms. The van der Waals surface area contributed by atoms with Gasteiger partial charge in [-0.3, -0.25) is 0 Å². The van der Waals surface area contributed by atoms with Crippen LogP contribution in [0, 0.1) is 0 Å². The van der Waals surface area contributed by atoms with E-state index >= 15 is 0 Å². The molecule has 2 heteroatoms. The summed E-state index contributed by atoms with van der Waals surface area (Å²) in [5, 5.41) is 10.5. The number of phenolic OH excluding ortho intramolecular Hbond substituents is 1. The van der Waals surface area contributed by atoms with E-state index < -0.39 is 0 Å². The molecule has 1 N–H and O–H groups in total. The lowest BCUT2D eigenvalue weighted by molar-refractivity contribution is 0.474. The molecule has 0 aliphatic rings. The Balaban J connectivity index is 3.15. The van der Waals surface area contributed by atoms with Crippen molar-refractivity contribution in [3.8, 4) is 5.75 Å². The number of hydrogen-bond donors (Lipinski definition) is 1. The van der Waals surface area contributed by atoms with Crippen molar-refractivity contribution in [2.75, 3.05) is 0 Å². The summed E-state index contributed by atoms with van der Waals surface area (Å²) < 4.78 is 0. The third-order valence-electron chi connectivity index (χ3n) is 1.06. The molecule has 0 fully saturated rings. The van der Waals surface area contributed by atoms with Gasteiger partial charge >= 0.3 is 0 Å². The SMILES string of the molecule is Oc1ccccc1C=S. The lowest BCUT2D eigenvalue weighted by atomic mass is 10.2. The van der Waals surface area contributed by atoms with Crippen LogP contribution in [-0.2, 0) is 0 Å². The summed E-state index contributed by atoms with van der Waals surface area (Å²) in [5.41, 5.74) is 0.701. The van der Waals surface area contributed by atoms with E-state index in [1.807, 2.05) is 6.07 Å². The average Bonchev–Trinajstić information content (AvgIpc) is 1.89. The molecule has 1 aromatic carbocycles. The summed E-state index contributed by atoms with van der Waals surface area (Å²) in [6.45, 7) is 0. The minimum Gasteiger partial charge on any atom is -0.507 e. The van der Waals surface area contributed by atoms with Crippen LogP contribution in [0.2, 0.25) is 0 Å². The van der Waals surface area contributed by atoms with Crippen LogP contribution in [0.5, 0.6) is 5.75 Å². The van der Waals surface area contributed by atoms with Gasteiger partial charge < -0.3 is 5.11 Å².